The predicted octanol–water partition coefficient (Wildman–Crippen LogP) is 3.02. The SMILES string of the molecule is CC(=O)/C=C/c1ccc(OCCCc2cnc[nH]2)cc1. The van der Waals surface area contributed by atoms with E-state index in [2.05, 4.69) is 9.97 Å². The number of hydrogen-bond donors (Lipinski definition) is 1. The monoisotopic (exact) mass is 270 g/mol. The second-order valence-electron chi connectivity index (χ2n) is 4.54. The lowest BCUT2D eigenvalue weighted by atomic mass is 10.2. The van der Waals surface area contributed by atoms with Crippen LogP contribution in [0.25, 0.3) is 6.08 Å². The minimum Gasteiger partial charge on any atom is -0.494 e. The normalized spacial score (nSPS) is 10.8. The first-order chi connectivity index (χ1) is 9.74. The van der Waals surface area contributed by atoms with Gasteiger partial charge in [-0.15, -0.1) is 0 Å². The Balaban J connectivity index is 1.74. The molecule has 0 aliphatic carbocycles. The van der Waals surface area contributed by atoms with Crippen LogP contribution in [0.2, 0.25) is 0 Å². The van der Waals surface area contributed by atoms with Crippen molar-refractivity contribution in [2.45, 2.75) is 19.8 Å². The van der Waals surface area contributed by atoms with E-state index in [1.165, 1.54) is 6.92 Å². The van der Waals surface area contributed by atoms with Gasteiger partial charge in [0.15, 0.2) is 5.78 Å². The van der Waals surface area contributed by atoms with Crippen LogP contribution in [0.3, 0.4) is 0 Å². The first-order valence-corrected chi connectivity index (χ1v) is 6.63. The van der Waals surface area contributed by atoms with Gasteiger partial charge in [-0.25, -0.2) is 4.98 Å². The van der Waals surface area contributed by atoms with E-state index in [0.717, 1.165) is 29.8 Å². The van der Waals surface area contributed by atoms with E-state index in [4.69, 9.17) is 4.74 Å². The van der Waals surface area contributed by atoms with Crippen LogP contribution in [0, 0.1) is 0 Å². The van der Waals surface area contributed by atoms with E-state index in [-0.39, 0.29) is 5.78 Å². The molecule has 0 saturated heterocycles. The molecule has 20 heavy (non-hydrogen) atoms. The lowest BCUT2D eigenvalue weighted by Crippen LogP contribution is -1.99. The summed E-state index contributed by atoms with van der Waals surface area (Å²) in [4.78, 5) is 17.9. The van der Waals surface area contributed by atoms with Crippen molar-refractivity contribution in [3.05, 3.63) is 54.1 Å². The number of ether oxygens (including phenoxy) is 1. The fourth-order valence-corrected chi connectivity index (χ4v) is 1.76. The number of aromatic nitrogens is 2. The average Bonchev–Trinajstić information content (AvgIpc) is 2.96. The van der Waals surface area contributed by atoms with Crippen molar-refractivity contribution in [1.29, 1.82) is 0 Å². The number of hydrogen-bond acceptors (Lipinski definition) is 3. The van der Waals surface area contributed by atoms with E-state index in [1.54, 1.807) is 18.5 Å². The van der Waals surface area contributed by atoms with Gasteiger partial charge >= 0.3 is 0 Å². The predicted molar refractivity (Wildman–Crippen MR) is 78.6 cm³/mol. The molecule has 2 aromatic rings. The summed E-state index contributed by atoms with van der Waals surface area (Å²) in [6.07, 6.45) is 8.73. The van der Waals surface area contributed by atoms with Crippen molar-refractivity contribution in [3.8, 4) is 5.75 Å². The maximum Gasteiger partial charge on any atom is 0.152 e. The molecule has 0 unspecified atom stereocenters. The van der Waals surface area contributed by atoms with E-state index in [9.17, 15) is 4.79 Å². The zero-order chi connectivity index (χ0) is 14.2. The average molecular weight is 270 g/mol. The molecule has 104 valence electrons. The Morgan fingerprint density at radius 3 is 2.80 bits per heavy atom. The smallest absolute Gasteiger partial charge is 0.152 e. The van der Waals surface area contributed by atoms with Gasteiger partial charge in [-0.3, -0.25) is 4.79 Å². The fourth-order valence-electron chi connectivity index (χ4n) is 1.76. The molecule has 0 amide bonds. The van der Waals surface area contributed by atoms with Gasteiger partial charge in [0.05, 0.1) is 12.9 Å². The number of carbonyl (C=O) groups is 1. The number of aryl methyl sites for hydroxylation is 1. The number of nitrogens with one attached hydrogen (secondary N) is 1. The molecule has 1 heterocycles. The summed E-state index contributed by atoms with van der Waals surface area (Å²) in [6.45, 7) is 2.20. The molecule has 1 N–H and O–H groups in total. The highest BCUT2D eigenvalue weighted by atomic mass is 16.5. The third-order valence-corrected chi connectivity index (χ3v) is 2.80. The Hall–Kier alpha value is -2.36. The third-order valence-electron chi connectivity index (χ3n) is 2.80. The van der Waals surface area contributed by atoms with E-state index in [0.29, 0.717) is 6.61 Å². The van der Waals surface area contributed by atoms with Gasteiger partial charge in [-0.2, -0.15) is 0 Å². The highest BCUT2D eigenvalue weighted by molar-refractivity contribution is 5.91. The van der Waals surface area contributed by atoms with Gasteiger partial charge in [0, 0.05) is 11.9 Å². The molecule has 1 aromatic heterocycles. The zero-order valence-electron chi connectivity index (χ0n) is 11.5. The topological polar surface area (TPSA) is 55.0 Å². The van der Waals surface area contributed by atoms with Gasteiger partial charge < -0.3 is 9.72 Å². The number of allylic oxidation sites excluding steroid dienone is 1. The van der Waals surface area contributed by atoms with E-state index < -0.39 is 0 Å². The third kappa shape index (κ3) is 4.72. The first-order valence-electron chi connectivity index (χ1n) is 6.63. The number of ketones is 1. The minimum atomic E-state index is 0.0455. The molecule has 4 nitrogen and oxygen atoms in total. The number of carbonyl (C=O) groups excluding carboxylic acids is 1. The molecule has 0 aliphatic rings. The van der Waals surface area contributed by atoms with Crippen molar-refractivity contribution in [1.82, 2.24) is 9.97 Å². The van der Waals surface area contributed by atoms with Gasteiger partial charge in [0.2, 0.25) is 0 Å². The molecule has 4 heteroatoms. The second kappa shape index (κ2) is 7.28. The molecule has 0 atom stereocenters. The van der Waals surface area contributed by atoms with E-state index in [1.807, 2.05) is 30.5 Å². The minimum absolute atomic E-state index is 0.0455. The highest BCUT2D eigenvalue weighted by Crippen LogP contribution is 2.13. The van der Waals surface area contributed by atoms with Crippen LogP contribution in [-0.4, -0.2) is 22.4 Å². The Labute approximate surface area is 118 Å². The van der Waals surface area contributed by atoms with Gasteiger partial charge in [0.1, 0.15) is 5.75 Å². The largest absolute Gasteiger partial charge is 0.494 e. The van der Waals surface area contributed by atoms with Crippen LogP contribution in [0.1, 0.15) is 24.6 Å². The van der Waals surface area contributed by atoms with Gasteiger partial charge in [0.25, 0.3) is 0 Å². The first kappa shape index (κ1) is 14.1. The van der Waals surface area contributed by atoms with Crippen molar-refractivity contribution >= 4 is 11.9 Å². The lowest BCUT2D eigenvalue weighted by molar-refractivity contribution is -0.112. The number of H-pyrrole nitrogens is 1. The maximum atomic E-state index is 10.8. The standard InChI is InChI=1S/C16H18N2O2/c1-13(19)4-5-14-6-8-16(9-7-14)20-10-2-3-15-11-17-12-18-15/h4-9,11-12H,2-3,10H2,1H3,(H,17,18)/b5-4+. The Morgan fingerprint density at radius 2 is 2.15 bits per heavy atom. The number of aromatic amines is 1. The quantitative estimate of drug-likeness (QED) is 0.621. The summed E-state index contributed by atoms with van der Waals surface area (Å²) < 4.78 is 5.66. The van der Waals surface area contributed by atoms with Crippen LogP contribution in [0.5, 0.6) is 5.75 Å². The molecule has 0 saturated carbocycles. The van der Waals surface area contributed by atoms with Crippen molar-refractivity contribution in [2.24, 2.45) is 0 Å². The molecule has 0 bridgehead atoms. The van der Waals surface area contributed by atoms with Crippen molar-refractivity contribution in [2.75, 3.05) is 6.61 Å². The van der Waals surface area contributed by atoms with Crippen LogP contribution in [0.15, 0.2) is 42.9 Å². The molecule has 0 aliphatic heterocycles. The van der Waals surface area contributed by atoms with Crippen molar-refractivity contribution in [3.63, 3.8) is 0 Å². The molecular weight excluding hydrogens is 252 g/mol. The van der Waals surface area contributed by atoms with Gasteiger partial charge in [-0.1, -0.05) is 18.2 Å². The maximum absolute atomic E-state index is 10.8. The molecular formula is C16H18N2O2. The number of imidazole rings is 1. The zero-order valence-corrected chi connectivity index (χ0v) is 11.5. The molecule has 1 aromatic carbocycles. The highest BCUT2D eigenvalue weighted by Gasteiger charge is 1.96. The Morgan fingerprint density at radius 1 is 1.35 bits per heavy atom. The number of rotatable bonds is 7. The lowest BCUT2D eigenvalue weighted by Gasteiger charge is -2.05. The number of benzene rings is 1. The van der Waals surface area contributed by atoms with Crippen LogP contribution < -0.4 is 4.74 Å². The summed E-state index contributed by atoms with van der Waals surface area (Å²) in [5.41, 5.74) is 2.11. The van der Waals surface area contributed by atoms with Crippen LogP contribution >= 0.6 is 0 Å². The molecule has 0 spiro atoms. The Kier molecular flexibility index (Phi) is 5.12. The van der Waals surface area contributed by atoms with Crippen LogP contribution in [-0.2, 0) is 11.2 Å². The summed E-state index contributed by atoms with van der Waals surface area (Å²) in [5.74, 6) is 0.888. The van der Waals surface area contributed by atoms with Crippen LogP contribution in [0.4, 0.5) is 0 Å². The molecule has 0 radical (unpaired) electrons. The molecule has 0 fully saturated rings. The summed E-state index contributed by atoms with van der Waals surface area (Å²) >= 11 is 0. The summed E-state index contributed by atoms with van der Waals surface area (Å²) in [6, 6.07) is 7.69. The second-order valence-corrected chi connectivity index (χ2v) is 4.54. The number of nitrogens with zero attached hydrogens (tertiary/aromatic N) is 1. The summed E-state index contributed by atoms with van der Waals surface area (Å²) in [7, 11) is 0. The summed E-state index contributed by atoms with van der Waals surface area (Å²) in [5, 5.41) is 0. The Bertz CT molecular complexity index is 557. The van der Waals surface area contributed by atoms with Crippen molar-refractivity contribution < 1.29 is 9.53 Å². The molecule has 2 rings (SSSR count). The van der Waals surface area contributed by atoms with E-state index >= 15 is 0 Å². The fraction of sp³-hybridized carbons (Fsp3) is 0.250. The van der Waals surface area contributed by atoms with Gasteiger partial charge in [-0.05, 0) is 43.5 Å².